The molecule has 2 rings (SSSR count). The maximum Gasteiger partial charge on any atom is 0.142 e. The van der Waals surface area contributed by atoms with Crippen LogP contribution in [0.1, 0.15) is 35.3 Å². The largest absolute Gasteiger partial charge is 0.305 e. The van der Waals surface area contributed by atoms with E-state index >= 15 is 0 Å². The van der Waals surface area contributed by atoms with Crippen LogP contribution in [0.3, 0.4) is 0 Å². The SMILES string of the molecule is CCNC(c1cccc(Br)c1F)c1ncc(C)cc1C. The van der Waals surface area contributed by atoms with Crippen molar-refractivity contribution in [3.05, 3.63) is 63.1 Å². The first-order chi connectivity index (χ1) is 9.54. The minimum absolute atomic E-state index is 0.236. The summed E-state index contributed by atoms with van der Waals surface area (Å²) in [5.74, 6) is -0.236. The van der Waals surface area contributed by atoms with Crippen LogP contribution in [0.4, 0.5) is 4.39 Å². The van der Waals surface area contributed by atoms with E-state index in [1.165, 1.54) is 0 Å². The Labute approximate surface area is 127 Å². The highest BCUT2D eigenvalue weighted by Crippen LogP contribution is 2.29. The van der Waals surface area contributed by atoms with Gasteiger partial charge in [0, 0.05) is 11.8 Å². The van der Waals surface area contributed by atoms with E-state index < -0.39 is 0 Å². The van der Waals surface area contributed by atoms with Gasteiger partial charge in [0.15, 0.2) is 0 Å². The van der Waals surface area contributed by atoms with Gasteiger partial charge in [-0.3, -0.25) is 4.98 Å². The van der Waals surface area contributed by atoms with E-state index in [2.05, 4.69) is 32.3 Å². The lowest BCUT2D eigenvalue weighted by atomic mass is 9.98. The van der Waals surface area contributed by atoms with Crippen molar-refractivity contribution >= 4 is 15.9 Å². The summed E-state index contributed by atoms with van der Waals surface area (Å²) in [4.78, 5) is 4.50. The molecule has 0 bridgehead atoms. The average molecular weight is 337 g/mol. The molecule has 0 amide bonds. The molecule has 106 valence electrons. The third kappa shape index (κ3) is 3.07. The molecule has 1 heterocycles. The highest BCUT2D eigenvalue weighted by atomic mass is 79.9. The van der Waals surface area contributed by atoms with Gasteiger partial charge in [0.2, 0.25) is 0 Å². The summed E-state index contributed by atoms with van der Waals surface area (Å²) in [5.41, 5.74) is 3.65. The lowest BCUT2D eigenvalue weighted by Crippen LogP contribution is -2.25. The number of aryl methyl sites for hydroxylation is 2. The van der Waals surface area contributed by atoms with Crippen molar-refractivity contribution in [2.24, 2.45) is 0 Å². The molecule has 1 atom stereocenters. The lowest BCUT2D eigenvalue weighted by molar-refractivity contribution is 0.546. The summed E-state index contributed by atoms with van der Waals surface area (Å²) in [7, 11) is 0. The zero-order valence-electron chi connectivity index (χ0n) is 11.9. The number of benzene rings is 1. The first-order valence-electron chi connectivity index (χ1n) is 6.65. The predicted octanol–water partition coefficient (Wildman–Crippen LogP) is 4.30. The fourth-order valence-electron chi connectivity index (χ4n) is 2.33. The molecule has 0 aliphatic carbocycles. The summed E-state index contributed by atoms with van der Waals surface area (Å²) in [6.45, 7) is 6.76. The molecule has 2 nitrogen and oxygen atoms in total. The van der Waals surface area contributed by atoms with Crippen molar-refractivity contribution in [3.8, 4) is 0 Å². The van der Waals surface area contributed by atoms with E-state index in [9.17, 15) is 4.39 Å². The van der Waals surface area contributed by atoms with E-state index in [0.717, 1.165) is 23.4 Å². The van der Waals surface area contributed by atoms with Gasteiger partial charge in [-0.15, -0.1) is 0 Å². The van der Waals surface area contributed by atoms with Gasteiger partial charge in [0.1, 0.15) is 5.82 Å². The number of pyridine rings is 1. The van der Waals surface area contributed by atoms with Crippen LogP contribution in [0.2, 0.25) is 0 Å². The van der Waals surface area contributed by atoms with E-state index in [0.29, 0.717) is 10.0 Å². The predicted molar refractivity (Wildman–Crippen MR) is 83.3 cm³/mol. The Morgan fingerprint density at radius 2 is 2.10 bits per heavy atom. The van der Waals surface area contributed by atoms with Crippen LogP contribution in [0.5, 0.6) is 0 Å². The maximum atomic E-state index is 14.4. The number of rotatable bonds is 4. The number of nitrogens with one attached hydrogen (secondary N) is 1. The minimum Gasteiger partial charge on any atom is -0.305 e. The van der Waals surface area contributed by atoms with Crippen molar-refractivity contribution in [1.29, 1.82) is 0 Å². The monoisotopic (exact) mass is 336 g/mol. The Hall–Kier alpha value is -1.26. The van der Waals surface area contributed by atoms with Gasteiger partial charge in [-0.1, -0.05) is 25.1 Å². The van der Waals surface area contributed by atoms with Crippen LogP contribution in [0, 0.1) is 19.7 Å². The van der Waals surface area contributed by atoms with Crippen LogP contribution < -0.4 is 5.32 Å². The van der Waals surface area contributed by atoms with Gasteiger partial charge < -0.3 is 5.32 Å². The molecule has 1 unspecified atom stereocenters. The molecule has 0 aliphatic heterocycles. The third-order valence-corrected chi connectivity index (χ3v) is 3.84. The number of halogens is 2. The van der Waals surface area contributed by atoms with Gasteiger partial charge in [-0.05, 0) is 53.5 Å². The average Bonchev–Trinajstić information content (AvgIpc) is 2.40. The maximum absolute atomic E-state index is 14.4. The molecule has 0 saturated heterocycles. The molecule has 0 radical (unpaired) electrons. The fourth-order valence-corrected chi connectivity index (χ4v) is 2.71. The highest BCUT2D eigenvalue weighted by molar-refractivity contribution is 9.10. The van der Waals surface area contributed by atoms with Crippen molar-refractivity contribution in [1.82, 2.24) is 10.3 Å². The standard InChI is InChI=1S/C16H18BrFN2/c1-4-19-16(12-6-5-7-13(17)14(12)18)15-11(3)8-10(2)9-20-15/h5-9,16,19H,4H2,1-3H3. The quantitative estimate of drug-likeness (QED) is 0.900. The Kier molecular flexibility index (Phi) is 4.89. The molecule has 0 aliphatic rings. The van der Waals surface area contributed by atoms with Gasteiger partial charge in [-0.2, -0.15) is 0 Å². The Bertz CT molecular complexity index is 613. The minimum atomic E-state index is -0.238. The zero-order chi connectivity index (χ0) is 14.7. The second-order valence-corrected chi connectivity index (χ2v) is 5.70. The second-order valence-electron chi connectivity index (χ2n) is 4.85. The lowest BCUT2D eigenvalue weighted by Gasteiger charge is -2.21. The number of hydrogen-bond donors (Lipinski definition) is 1. The molecule has 0 fully saturated rings. The Morgan fingerprint density at radius 1 is 1.35 bits per heavy atom. The van der Waals surface area contributed by atoms with E-state index in [1.54, 1.807) is 12.1 Å². The molecule has 0 saturated carbocycles. The van der Waals surface area contributed by atoms with Gasteiger partial charge in [0.25, 0.3) is 0 Å². The van der Waals surface area contributed by atoms with E-state index in [1.807, 2.05) is 33.0 Å². The number of aromatic nitrogens is 1. The third-order valence-electron chi connectivity index (χ3n) is 3.23. The summed E-state index contributed by atoms with van der Waals surface area (Å²) in [6.07, 6.45) is 1.82. The van der Waals surface area contributed by atoms with E-state index in [-0.39, 0.29) is 11.9 Å². The number of hydrogen-bond acceptors (Lipinski definition) is 2. The summed E-state index contributed by atoms with van der Waals surface area (Å²) < 4.78 is 14.8. The van der Waals surface area contributed by atoms with Crippen molar-refractivity contribution < 1.29 is 4.39 Å². The van der Waals surface area contributed by atoms with Gasteiger partial charge >= 0.3 is 0 Å². The molecule has 20 heavy (non-hydrogen) atoms. The molecule has 0 spiro atoms. The first-order valence-corrected chi connectivity index (χ1v) is 7.44. The Morgan fingerprint density at radius 3 is 2.75 bits per heavy atom. The van der Waals surface area contributed by atoms with Crippen LogP contribution >= 0.6 is 15.9 Å². The molecule has 1 aromatic heterocycles. The second kappa shape index (κ2) is 6.46. The van der Waals surface area contributed by atoms with Crippen molar-refractivity contribution in [2.75, 3.05) is 6.54 Å². The normalized spacial score (nSPS) is 12.4. The first kappa shape index (κ1) is 15.1. The summed E-state index contributed by atoms with van der Waals surface area (Å²) in [5, 5.41) is 3.32. The van der Waals surface area contributed by atoms with Crippen LogP contribution in [-0.2, 0) is 0 Å². The molecular formula is C16H18BrFN2. The van der Waals surface area contributed by atoms with Crippen molar-refractivity contribution in [3.63, 3.8) is 0 Å². The topological polar surface area (TPSA) is 24.9 Å². The highest BCUT2D eigenvalue weighted by Gasteiger charge is 2.21. The van der Waals surface area contributed by atoms with E-state index in [4.69, 9.17) is 0 Å². The number of nitrogens with zero attached hydrogens (tertiary/aromatic N) is 1. The molecular weight excluding hydrogens is 319 g/mol. The van der Waals surface area contributed by atoms with Crippen LogP contribution in [-0.4, -0.2) is 11.5 Å². The molecule has 2 aromatic rings. The summed E-state index contributed by atoms with van der Waals surface area (Å²) >= 11 is 3.24. The fraction of sp³-hybridized carbons (Fsp3) is 0.312. The zero-order valence-corrected chi connectivity index (χ0v) is 13.5. The summed E-state index contributed by atoms with van der Waals surface area (Å²) in [6, 6.07) is 7.18. The van der Waals surface area contributed by atoms with Crippen molar-refractivity contribution in [2.45, 2.75) is 26.8 Å². The van der Waals surface area contributed by atoms with Crippen LogP contribution in [0.15, 0.2) is 34.9 Å². The van der Waals surface area contributed by atoms with Gasteiger partial charge in [0.05, 0.1) is 16.2 Å². The Balaban J connectivity index is 2.53. The molecule has 1 aromatic carbocycles. The molecule has 4 heteroatoms. The van der Waals surface area contributed by atoms with Crippen LogP contribution in [0.25, 0.3) is 0 Å². The van der Waals surface area contributed by atoms with Gasteiger partial charge in [-0.25, -0.2) is 4.39 Å². The smallest absolute Gasteiger partial charge is 0.142 e. The molecule has 1 N–H and O–H groups in total.